The van der Waals surface area contributed by atoms with Crippen LogP contribution < -0.4 is 16.2 Å². The first-order valence-electron chi connectivity index (χ1n) is 10.3. The second kappa shape index (κ2) is 9.34. The molecule has 31 heavy (non-hydrogen) atoms. The van der Waals surface area contributed by atoms with E-state index in [1.165, 1.54) is 0 Å². The molecule has 0 aliphatic carbocycles. The average Bonchev–Trinajstić information content (AvgIpc) is 3.12. The van der Waals surface area contributed by atoms with Crippen molar-refractivity contribution in [3.05, 3.63) is 106 Å². The van der Waals surface area contributed by atoms with Gasteiger partial charge in [-0.25, -0.2) is 0 Å². The van der Waals surface area contributed by atoms with Crippen LogP contribution in [0.25, 0.3) is 11.0 Å². The minimum Gasteiger partial charge on any atom is -0.459 e. The molecule has 0 aliphatic heterocycles. The van der Waals surface area contributed by atoms with Crippen molar-refractivity contribution in [1.29, 1.82) is 0 Å². The molecule has 0 radical (unpaired) electrons. The van der Waals surface area contributed by atoms with Gasteiger partial charge in [-0.2, -0.15) is 0 Å². The Morgan fingerprint density at radius 1 is 0.935 bits per heavy atom. The molecule has 2 N–H and O–H groups in total. The molecule has 0 amide bonds. The van der Waals surface area contributed by atoms with Gasteiger partial charge in [0.2, 0.25) is 0 Å². The lowest BCUT2D eigenvalue weighted by atomic mass is 10.1. The number of benzene rings is 2. The summed E-state index contributed by atoms with van der Waals surface area (Å²) in [6.45, 7) is 3.84. The Bertz CT molecular complexity index is 1250. The van der Waals surface area contributed by atoms with Gasteiger partial charge in [0.15, 0.2) is 5.96 Å². The molecule has 0 atom stereocenters. The lowest BCUT2D eigenvalue weighted by molar-refractivity contribution is 0.534. The van der Waals surface area contributed by atoms with Crippen LogP contribution in [0.1, 0.15) is 22.5 Å². The number of pyridine rings is 1. The summed E-state index contributed by atoms with van der Waals surface area (Å²) in [6.07, 6.45) is 1.80. The number of aliphatic imine (C=N–C) groups is 1. The van der Waals surface area contributed by atoms with E-state index in [-0.39, 0.29) is 5.56 Å². The van der Waals surface area contributed by atoms with Crippen molar-refractivity contribution in [2.75, 3.05) is 7.05 Å². The fourth-order valence-corrected chi connectivity index (χ4v) is 3.51. The number of hydrogen-bond donors (Lipinski definition) is 2. The smallest absolute Gasteiger partial charge is 0.250 e. The summed E-state index contributed by atoms with van der Waals surface area (Å²) in [5, 5.41) is 7.78. The van der Waals surface area contributed by atoms with Crippen LogP contribution in [-0.2, 0) is 19.6 Å². The Morgan fingerprint density at radius 2 is 1.65 bits per heavy atom. The normalized spacial score (nSPS) is 11.6. The molecule has 0 spiro atoms. The topological polar surface area (TPSA) is 71.6 Å². The van der Waals surface area contributed by atoms with Crippen molar-refractivity contribution in [2.24, 2.45) is 4.99 Å². The number of aromatic nitrogens is 1. The first-order chi connectivity index (χ1) is 15.1. The third kappa shape index (κ3) is 4.86. The summed E-state index contributed by atoms with van der Waals surface area (Å²) >= 11 is 0. The van der Waals surface area contributed by atoms with E-state index in [9.17, 15) is 4.79 Å². The number of fused-ring (bicyclic) bond motifs is 1. The van der Waals surface area contributed by atoms with Crippen LogP contribution in [0.2, 0.25) is 0 Å². The average molecular weight is 415 g/mol. The highest BCUT2D eigenvalue weighted by Gasteiger charge is 2.10. The molecule has 0 bridgehead atoms. The quantitative estimate of drug-likeness (QED) is 0.372. The lowest BCUT2D eigenvalue weighted by Gasteiger charge is -2.12. The highest BCUT2D eigenvalue weighted by atomic mass is 16.3. The third-order valence-electron chi connectivity index (χ3n) is 5.32. The van der Waals surface area contributed by atoms with Gasteiger partial charge in [0.1, 0.15) is 11.3 Å². The SMILES string of the molecule is CN=C(NCc1ccc(Cn2ccccc2=O)cc1)NCc1oc2ccccc2c1C. The molecule has 0 aliphatic rings. The van der Waals surface area contributed by atoms with Crippen molar-refractivity contribution < 1.29 is 4.42 Å². The van der Waals surface area contributed by atoms with Gasteiger partial charge in [-0.05, 0) is 30.2 Å². The molecule has 0 fully saturated rings. The standard InChI is InChI=1S/C25H26N4O2/c1-18-21-7-3-4-8-22(21)31-23(18)16-28-25(26-2)27-15-19-10-12-20(13-11-19)17-29-14-6-5-9-24(29)30/h3-14H,15-17H2,1-2H3,(H2,26,27,28). The van der Waals surface area contributed by atoms with Crippen molar-refractivity contribution in [3.8, 4) is 0 Å². The van der Waals surface area contributed by atoms with Gasteiger partial charge >= 0.3 is 0 Å². The molecular formula is C25H26N4O2. The molecule has 2 aromatic carbocycles. The molecule has 158 valence electrons. The van der Waals surface area contributed by atoms with Gasteiger partial charge in [0, 0.05) is 36.8 Å². The number of nitrogens with one attached hydrogen (secondary N) is 2. The van der Waals surface area contributed by atoms with Crippen LogP contribution >= 0.6 is 0 Å². The van der Waals surface area contributed by atoms with E-state index >= 15 is 0 Å². The zero-order valence-electron chi connectivity index (χ0n) is 17.8. The number of para-hydroxylation sites is 1. The summed E-state index contributed by atoms with van der Waals surface area (Å²) in [6, 6.07) is 21.5. The summed E-state index contributed by atoms with van der Waals surface area (Å²) in [5.41, 5.74) is 4.26. The van der Waals surface area contributed by atoms with Crippen LogP contribution in [0, 0.1) is 6.92 Å². The van der Waals surface area contributed by atoms with Crippen LogP contribution in [-0.4, -0.2) is 17.6 Å². The maximum Gasteiger partial charge on any atom is 0.250 e. The molecule has 6 nitrogen and oxygen atoms in total. The van der Waals surface area contributed by atoms with E-state index < -0.39 is 0 Å². The monoisotopic (exact) mass is 414 g/mol. The molecule has 4 rings (SSSR count). The van der Waals surface area contributed by atoms with E-state index in [0.29, 0.717) is 25.6 Å². The van der Waals surface area contributed by atoms with Crippen LogP contribution in [0.3, 0.4) is 0 Å². The van der Waals surface area contributed by atoms with Crippen molar-refractivity contribution in [3.63, 3.8) is 0 Å². The van der Waals surface area contributed by atoms with Gasteiger partial charge in [-0.3, -0.25) is 9.79 Å². The summed E-state index contributed by atoms with van der Waals surface area (Å²) in [4.78, 5) is 16.2. The van der Waals surface area contributed by atoms with Crippen LogP contribution in [0.4, 0.5) is 0 Å². The molecular weight excluding hydrogens is 388 g/mol. The maximum absolute atomic E-state index is 11.9. The van der Waals surface area contributed by atoms with Crippen molar-refractivity contribution >= 4 is 16.9 Å². The molecule has 0 saturated heterocycles. The Labute approximate surface area is 181 Å². The van der Waals surface area contributed by atoms with Gasteiger partial charge in [0.25, 0.3) is 5.56 Å². The largest absolute Gasteiger partial charge is 0.459 e. The number of aryl methyl sites for hydroxylation is 1. The molecule has 0 saturated carbocycles. The van der Waals surface area contributed by atoms with Gasteiger partial charge < -0.3 is 19.6 Å². The number of guanidine groups is 1. The van der Waals surface area contributed by atoms with Gasteiger partial charge in [0.05, 0.1) is 13.1 Å². The second-order valence-electron chi connectivity index (χ2n) is 7.41. The Kier molecular flexibility index (Phi) is 6.17. The van der Waals surface area contributed by atoms with E-state index in [2.05, 4.69) is 40.7 Å². The zero-order chi connectivity index (χ0) is 21.6. The first-order valence-corrected chi connectivity index (χ1v) is 10.3. The first kappa shape index (κ1) is 20.5. The Morgan fingerprint density at radius 3 is 2.39 bits per heavy atom. The van der Waals surface area contributed by atoms with Crippen molar-refractivity contribution in [1.82, 2.24) is 15.2 Å². The highest BCUT2D eigenvalue weighted by molar-refractivity contribution is 5.82. The summed E-state index contributed by atoms with van der Waals surface area (Å²) < 4.78 is 7.65. The fraction of sp³-hybridized carbons (Fsp3) is 0.200. The minimum atomic E-state index is 0.00260. The molecule has 2 aromatic heterocycles. The predicted molar refractivity (Wildman–Crippen MR) is 124 cm³/mol. The van der Waals surface area contributed by atoms with E-state index in [0.717, 1.165) is 33.4 Å². The third-order valence-corrected chi connectivity index (χ3v) is 5.32. The van der Waals surface area contributed by atoms with E-state index in [4.69, 9.17) is 4.42 Å². The Balaban J connectivity index is 1.32. The highest BCUT2D eigenvalue weighted by Crippen LogP contribution is 2.24. The van der Waals surface area contributed by atoms with Crippen LogP contribution in [0.5, 0.6) is 0 Å². The van der Waals surface area contributed by atoms with Gasteiger partial charge in [-0.15, -0.1) is 0 Å². The number of hydrogen-bond acceptors (Lipinski definition) is 3. The predicted octanol–water partition coefficient (Wildman–Crippen LogP) is 3.82. The fourth-order valence-electron chi connectivity index (χ4n) is 3.51. The lowest BCUT2D eigenvalue weighted by Crippen LogP contribution is -2.36. The molecule has 4 aromatic rings. The van der Waals surface area contributed by atoms with Crippen LogP contribution in [0.15, 0.2) is 87.1 Å². The number of rotatable bonds is 6. The van der Waals surface area contributed by atoms with Crippen molar-refractivity contribution in [2.45, 2.75) is 26.6 Å². The summed E-state index contributed by atoms with van der Waals surface area (Å²) in [7, 11) is 1.75. The molecule has 6 heteroatoms. The van der Waals surface area contributed by atoms with E-state index in [1.807, 2.05) is 36.4 Å². The van der Waals surface area contributed by atoms with Gasteiger partial charge in [-0.1, -0.05) is 48.5 Å². The Hall–Kier alpha value is -3.80. The molecule has 0 unspecified atom stereocenters. The van der Waals surface area contributed by atoms with E-state index in [1.54, 1.807) is 29.9 Å². The molecule has 2 heterocycles. The number of nitrogens with zero attached hydrogens (tertiary/aromatic N) is 2. The summed E-state index contributed by atoms with van der Waals surface area (Å²) in [5.74, 6) is 1.62. The second-order valence-corrected chi connectivity index (χ2v) is 7.41. The maximum atomic E-state index is 11.9. The minimum absolute atomic E-state index is 0.00260. The zero-order valence-corrected chi connectivity index (χ0v) is 17.8. The number of furan rings is 1.